The first-order valence-corrected chi connectivity index (χ1v) is 12.9. The zero-order chi connectivity index (χ0) is 24.2. The maximum absolute atomic E-state index is 10.4. The molecule has 0 aromatic heterocycles. The van der Waals surface area contributed by atoms with Gasteiger partial charge in [0, 0.05) is 17.0 Å². The number of rotatable bonds is 2. The predicted octanol–water partition coefficient (Wildman–Crippen LogP) is 8.74. The summed E-state index contributed by atoms with van der Waals surface area (Å²) in [4.78, 5) is 0. The molecule has 36 heavy (non-hydrogen) atoms. The van der Waals surface area contributed by atoms with E-state index in [1.54, 1.807) is 12.1 Å². The number of phenols is 2. The highest BCUT2D eigenvalue weighted by molar-refractivity contribution is 5.96. The number of hydrogen-bond acceptors (Lipinski definition) is 3. The highest BCUT2D eigenvalue weighted by atomic mass is 16.5. The Bertz CT molecular complexity index is 1520. The van der Waals surface area contributed by atoms with Gasteiger partial charge in [0.25, 0.3) is 0 Å². The number of hydrogen-bond donors (Lipinski definition) is 2. The molecule has 0 radical (unpaired) electrons. The third-order valence-electron chi connectivity index (χ3n) is 8.16. The lowest BCUT2D eigenvalue weighted by atomic mass is 9.77. The van der Waals surface area contributed by atoms with Crippen molar-refractivity contribution in [3.8, 4) is 23.0 Å². The average Bonchev–Trinajstić information content (AvgIpc) is 2.92. The monoisotopic (exact) mass is 472 g/mol. The van der Waals surface area contributed by atoms with Gasteiger partial charge in [-0.25, -0.2) is 0 Å². The molecule has 7 rings (SSSR count). The largest absolute Gasteiger partial charge is 0.508 e. The molecule has 0 saturated heterocycles. The molecule has 1 saturated carbocycles. The second-order valence-electron chi connectivity index (χ2n) is 10.3. The van der Waals surface area contributed by atoms with Gasteiger partial charge in [0.2, 0.25) is 0 Å². The maximum atomic E-state index is 10.4. The molecule has 0 unspecified atom stereocenters. The molecule has 2 N–H and O–H groups in total. The van der Waals surface area contributed by atoms with Gasteiger partial charge in [0.15, 0.2) is 0 Å². The molecule has 2 aliphatic rings. The van der Waals surface area contributed by atoms with Gasteiger partial charge in [-0.05, 0) is 87.8 Å². The van der Waals surface area contributed by atoms with E-state index in [0.29, 0.717) is 5.92 Å². The summed E-state index contributed by atoms with van der Waals surface area (Å²) in [6, 6.07) is 28.4. The first-order chi connectivity index (χ1) is 17.7. The number of benzene rings is 5. The van der Waals surface area contributed by atoms with Gasteiger partial charge in [0.1, 0.15) is 23.0 Å². The van der Waals surface area contributed by atoms with Crippen molar-refractivity contribution in [2.75, 3.05) is 0 Å². The summed E-state index contributed by atoms with van der Waals surface area (Å²) in [5, 5.41) is 24.9. The van der Waals surface area contributed by atoms with E-state index < -0.39 is 0 Å². The zero-order valence-electron chi connectivity index (χ0n) is 20.1. The van der Waals surface area contributed by atoms with Crippen LogP contribution in [0.15, 0.2) is 84.9 Å². The minimum atomic E-state index is -0.0971. The highest BCUT2D eigenvalue weighted by Gasteiger charge is 2.32. The Kier molecular flexibility index (Phi) is 4.92. The summed E-state index contributed by atoms with van der Waals surface area (Å²) >= 11 is 0. The lowest BCUT2D eigenvalue weighted by Gasteiger charge is -2.31. The van der Waals surface area contributed by atoms with E-state index in [2.05, 4.69) is 36.4 Å². The maximum Gasteiger partial charge on any atom is 0.132 e. The molecule has 0 atom stereocenters. The molecule has 1 fully saturated rings. The standard InChI is InChI=1S/C33H28O3/c34-25-14-10-22-12-16-29-32(27(22)18-25)31(24-8-6-21(7-9-24)20-4-2-1-3-5-20)33-28-19-26(35)15-11-23(28)13-17-30(33)36-29/h6-20,31,34-35H,1-5H2. The summed E-state index contributed by atoms with van der Waals surface area (Å²) in [6.45, 7) is 0. The number of fused-ring (bicyclic) bond motifs is 6. The van der Waals surface area contributed by atoms with Gasteiger partial charge in [-0.2, -0.15) is 0 Å². The second-order valence-corrected chi connectivity index (χ2v) is 10.3. The Hall–Kier alpha value is -3.98. The van der Waals surface area contributed by atoms with Crippen LogP contribution in [0.25, 0.3) is 21.5 Å². The van der Waals surface area contributed by atoms with Crippen molar-refractivity contribution in [3.63, 3.8) is 0 Å². The fourth-order valence-corrected chi connectivity index (χ4v) is 6.39. The normalized spacial score (nSPS) is 16.0. The molecule has 0 spiro atoms. The summed E-state index contributed by atoms with van der Waals surface area (Å²) < 4.78 is 6.48. The second kappa shape index (κ2) is 8.30. The third kappa shape index (κ3) is 3.42. The Morgan fingerprint density at radius 3 is 1.61 bits per heavy atom. The Morgan fingerprint density at radius 1 is 0.556 bits per heavy atom. The lowest BCUT2D eigenvalue weighted by molar-refractivity contribution is 0.443. The molecule has 5 aromatic carbocycles. The van der Waals surface area contributed by atoms with Crippen molar-refractivity contribution in [2.45, 2.75) is 43.9 Å². The minimum Gasteiger partial charge on any atom is -0.508 e. The van der Waals surface area contributed by atoms with E-state index in [0.717, 1.165) is 44.2 Å². The van der Waals surface area contributed by atoms with Crippen molar-refractivity contribution < 1.29 is 14.9 Å². The molecule has 3 nitrogen and oxygen atoms in total. The Labute approximate surface area is 210 Å². The summed E-state index contributed by atoms with van der Waals surface area (Å²) in [5.74, 6) is 2.65. The van der Waals surface area contributed by atoms with E-state index >= 15 is 0 Å². The molecular formula is C33H28O3. The Balaban J connectivity index is 1.48. The van der Waals surface area contributed by atoms with E-state index in [1.165, 1.54) is 43.2 Å². The van der Waals surface area contributed by atoms with Crippen LogP contribution in [0.2, 0.25) is 0 Å². The quantitative estimate of drug-likeness (QED) is 0.265. The van der Waals surface area contributed by atoms with E-state index in [1.807, 2.05) is 36.4 Å². The molecule has 0 amide bonds. The summed E-state index contributed by atoms with van der Waals surface area (Å²) in [5.41, 5.74) is 4.72. The SMILES string of the molecule is Oc1ccc2ccc3c(c2c1)C(c1ccc(C2CCCCC2)cc1)c1c(ccc2ccc(O)cc12)O3. The molecule has 3 heteroatoms. The smallest absolute Gasteiger partial charge is 0.132 e. The van der Waals surface area contributed by atoms with Crippen molar-refractivity contribution in [1.82, 2.24) is 0 Å². The van der Waals surface area contributed by atoms with E-state index in [9.17, 15) is 10.2 Å². The van der Waals surface area contributed by atoms with E-state index in [4.69, 9.17) is 4.74 Å². The van der Waals surface area contributed by atoms with Crippen molar-refractivity contribution in [1.29, 1.82) is 0 Å². The third-order valence-corrected chi connectivity index (χ3v) is 8.16. The first-order valence-electron chi connectivity index (χ1n) is 12.9. The fourth-order valence-electron chi connectivity index (χ4n) is 6.39. The van der Waals surface area contributed by atoms with Crippen molar-refractivity contribution >= 4 is 21.5 Å². The van der Waals surface area contributed by atoms with Crippen molar-refractivity contribution in [3.05, 3.63) is 107 Å². The first kappa shape index (κ1) is 21.3. The summed E-state index contributed by atoms with van der Waals surface area (Å²) in [6.07, 6.45) is 6.53. The van der Waals surface area contributed by atoms with Crippen LogP contribution < -0.4 is 4.74 Å². The average molecular weight is 473 g/mol. The molecule has 1 aliphatic heterocycles. The van der Waals surface area contributed by atoms with Crippen LogP contribution in [-0.2, 0) is 0 Å². The molecule has 178 valence electrons. The zero-order valence-corrected chi connectivity index (χ0v) is 20.1. The minimum absolute atomic E-state index is 0.0971. The van der Waals surface area contributed by atoms with Crippen molar-refractivity contribution in [2.24, 2.45) is 0 Å². The molecule has 0 bridgehead atoms. The summed E-state index contributed by atoms with van der Waals surface area (Å²) in [7, 11) is 0. The van der Waals surface area contributed by atoms with Gasteiger partial charge < -0.3 is 14.9 Å². The number of aromatic hydroxyl groups is 2. The van der Waals surface area contributed by atoms with Crippen LogP contribution >= 0.6 is 0 Å². The van der Waals surface area contributed by atoms with Crippen LogP contribution in [0.4, 0.5) is 0 Å². The van der Waals surface area contributed by atoms with Crippen LogP contribution in [-0.4, -0.2) is 10.2 Å². The number of ether oxygens (including phenoxy) is 1. The molecular weight excluding hydrogens is 444 g/mol. The fraction of sp³-hybridized carbons (Fsp3) is 0.212. The van der Waals surface area contributed by atoms with Gasteiger partial charge in [-0.3, -0.25) is 0 Å². The van der Waals surface area contributed by atoms with Crippen LogP contribution in [0.5, 0.6) is 23.0 Å². The predicted molar refractivity (Wildman–Crippen MR) is 145 cm³/mol. The van der Waals surface area contributed by atoms with E-state index in [-0.39, 0.29) is 17.4 Å². The molecule has 1 aliphatic carbocycles. The van der Waals surface area contributed by atoms with Gasteiger partial charge >= 0.3 is 0 Å². The van der Waals surface area contributed by atoms with Crippen LogP contribution in [0, 0.1) is 0 Å². The topological polar surface area (TPSA) is 49.7 Å². The van der Waals surface area contributed by atoms with Gasteiger partial charge in [0.05, 0.1) is 0 Å². The molecule has 5 aromatic rings. The number of phenolic OH excluding ortho intramolecular Hbond substituents is 2. The van der Waals surface area contributed by atoms with Gasteiger partial charge in [-0.1, -0.05) is 67.8 Å². The van der Waals surface area contributed by atoms with Crippen LogP contribution in [0.3, 0.4) is 0 Å². The van der Waals surface area contributed by atoms with Gasteiger partial charge in [-0.15, -0.1) is 0 Å². The lowest BCUT2D eigenvalue weighted by Crippen LogP contribution is -2.13. The van der Waals surface area contributed by atoms with Crippen LogP contribution in [0.1, 0.15) is 66.2 Å². The molecule has 1 heterocycles. The Morgan fingerprint density at radius 2 is 1.06 bits per heavy atom. The highest BCUT2D eigenvalue weighted by Crippen LogP contribution is 2.52.